The SMILES string of the molecule is O=C(CC(=O)N1CCCC1)Nc1ccccc1Oc1ccccc1. The number of carbonyl (C=O) groups excluding carboxylic acids is 2. The number of nitrogens with zero attached hydrogens (tertiary/aromatic N) is 1. The summed E-state index contributed by atoms with van der Waals surface area (Å²) in [5.41, 5.74) is 0.556. The predicted octanol–water partition coefficient (Wildman–Crippen LogP) is 3.43. The lowest BCUT2D eigenvalue weighted by molar-refractivity contribution is -0.133. The molecule has 0 aliphatic carbocycles. The highest BCUT2D eigenvalue weighted by Gasteiger charge is 2.20. The molecule has 1 aliphatic rings. The number of hydrogen-bond acceptors (Lipinski definition) is 3. The smallest absolute Gasteiger partial charge is 0.233 e. The molecule has 24 heavy (non-hydrogen) atoms. The quantitative estimate of drug-likeness (QED) is 0.857. The maximum atomic E-state index is 12.2. The van der Waals surface area contributed by atoms with Gasteiger partial charge in [-0.15, -0.1) is 0 Å². The Hall–Kier alpha value is -2.82. The molecule has 5 nitrogen and oxygen atoms in total. The highest BCUT2D eigenvalue weighted by molar-refractivity contribution is 6.04. The first-order valence-electron chi connectivity index (χ1n) is 8.12. The molecule has 1 aliphatic heterocycles. The number of likely N-dealkylation sites (tertiary alicyclic amines) is 1. The average Bonchev–Trinajstić information content (AvgIpc) is 3.12. The number of rotatable bonds is 5. The molecule has 3 rings (SSSR count). The second-order valence-corrected chi connectivity index (χ2v) is 5.72. The van der Waals surface area contributed by atoms with Crippen LogP contribution in [0.4, 0.5) is 5.69 Å². The molecule has 124 valence electrons. The molecular formula is C19H20N2O3. The Labute approximate surface area is 141 Å². The van der Waals surface area contributed by atoms with E-state index in [-0.39, 0.29) is 18.2 Å². The van der Waals surface area contributed by atoms with Gasteiger partial charge in [0.05, 0.1) is 5.69 Å². The lowest BCUT2D eigenvalue weighted by Crippen LogP contribution is -2.31. The van der Waals surface area contributed by atoms with Crippen molar-refractivity contribution in [1.82, 2.24) is 4.90 Å². The Morgan fingerprint density at radius 1 is 0.958 bits per heavy atom. The maximum Gasteiger partial charge on any atom is 0.233 e. The van der Waals surface area contributed by atoms with E-state index in [2.05, 4.69) is 5.32 Å². The fourth-order valence-corrected chi connectivity index (χ4v) is 2.68. The second kappa shape index (κ2) is 7.64. The van der Waals surface area contributed by atoms with Crippen molar-refractivity contribution in [1.29, 1.82) is 0 Å². The van der Waals surface area contributed by atoms with Gasteiger partial charge in [-0.25, -0.2) is 0 Å². The van der Waals surface area contributed by atoms with Crippen molar-refractivity contribution < 1.29 is 14.3 Å². The molecule has 0 saturated carbocycles. The van der Waals surface area contributed by atoms with Gasteiger partial charge in [-0.05, 0) is 37.1 Å². The van der Waals surface area contributed by atoms with Crippen LogP contribution in [0, 0.1) is 0 Å². The number of ether oxygens (including phenoxy) is 1. The van der Waals surface area contributed by atoms with Crippen LogP contribution >= 0.6 is 0 Å². The Balaban J connectivity index is 1.64. The third-order valence-corrected chi connectivity index (χ3v) is 3.90. The van der Waals surface area contributed by atoms with E-state index in [1.165, 1.54) is 0 Å². The highest BCUT2D eigenvalue weighted by Crippen LogP contribution is 2.29. The van der Waals surface area contributed by atoms with Crippen LogP contribution in [0.2, 0.25) is 0 Å². The largest absolute Gasteiger partial charge is 0.455 e. The van der Waals surface area contributed by atoms with E-state index in [1.54, 1.807) is 17.0 Å². The summed E-state index contributed by atoms with van der Waals surface area (Å²) in [6.07, 6.45) is 1.89. The van der Waals surface area contributed by atoms with E-state index in [0.29, 0.717) is 17.2 Å². The zero-order chi connectivity index (χ0) is 16.8. The lowest BCUT2D eigenvalue weighted by Gasteiger charge is -2.16. The van der Waals surface area contributed by atoms with E-state index in [1.807, 2.05) is 42.5 Å². The third-order valence-electron chi connectivity index (χ3n) is 3.90. The van der Waals surface area contributed by atoms with Crippen LogP contribution in [0.25, 0.3) is 0 Å². The molecule has 1 N–H and O–H groups in total. The van der Waals surface area contributed by atoms with Crippen LogP contribution in [0.3, 0.4) is 0 Å². The normalized spacial score (nSPS) is 13.6. The summed E-state index contributed by atoms with van der Waals surface area (Å²) in [6.45, 7) is 1.50. The standard InChI is InChI=1S/C19H20N2O3/c22-18(14-19(23)21-12-6-7-13-21)20-16-10-4-5-11-17(16)24-15-8-2-1-3-9-15/h1-5,8-11H,6-7,12-14H2,(H,20,22). The molecule has 0 atom stereocenters. The number of anilines is 1. The molecule has 5 heteroatoms. The fraction of sp³-hybridized carbons (Fsp3) is 0.263. The van der Waals surface area contributed by atoms with E-state index in [4.69, 9.17) is 4.74 Å². The minimum Gasteiger partial charge on any atom is -0.455 e. The van der Waals surface area contributed by atoms with Gasteiger partial charge >= 0.3 is 0 Å². The van der Waals surface area contributed by atoms with Gasteiger partial charge < -0.3 is 15.0 Å². The monoisotopic (exact) mass is 324 g/mol. The van der Waals surface area contributed by atoms with Crippen molar-refractivity contribution in [2.75, 3.05) is 18.4 Å². The first-order valence-corrected chi connectivity index (χ1v) is 8.12. The minimum atomic E-state index is -0.323. The van der Waals surface area contributed by atoms with Crippen LogP contribution in [0.5, 0.6) is 11.5 Å². The van der Waals surface area contributed by atoms with Gasteiger partial charge in [0, 0.05) is 13.1 Å². The number of nitrogens with one attached hydrogen (secondary N) is 1. The van der Waals surface area contributed by atoms with Crippen LogP contribution in [0.1, 0.15) is 19.3 Å². The molecule has 2 amide bonds. The molecular weight excluding hydrogens is 304 g/mol. The zero-order valence-electron chi connectivity index (χ0n) is 13.4. The van der Waals surface area contributed by atoms with E-state index in [9.17, 15) is 9.59 Å². The molecule has 1 fully saturated rings. The number of carbonyl (C=O) groups is 2. The fourth-order valence-electron chi connectivity index (χ4n) is 2.68. The van der Waals surface area contributed by atoms with Crippen molar-refractivity contribution in [3.05, 3.63) is 54.6 Å². The molecule has 2 aromatic rings. The molecule has 0 spiro atoms. The lowest BCUT2D eigenvalue weighted by atomic mass is 10.2. The van der Waals surface area contributed by atoms with Crippen molar-refractivity contribution in [2.45, 2.75) is 19.3 Å². The van der Waals surface area contributed by atoms with Crippen molar-refractivity contribution in [2.24, 2.45) is 0 Å². The van der Waals surface area contributed by atoms with Crippen molar-refractivity contribution >= 4 is 17.5 Å². The number of benzene rings is 2. The van der Waals surface area contributed by atoms with E-state index in [0.717, 1.165) is 25.9 Å². The summed E-state index contributed by atoms with van der Waals surface area (Å²) in [6, 6.07) is 16.5. The van der Waals surface area contributed by atoms with Crippen LogP contribution < -0.4 is 10.1 Å². The molecule has 2 aromatic carbocycles. The summed E-state index contributed by atoms with van der Waals surface area (Å²) < 4.78 is 5.81. The molecule has 0 unspecified atom stereocenters. The van der Waals surface area contributed by atoms with Gasteiger partial charge in [-0.3, -0.25) is 9.59 Å². The molecule has 1 heterocycles. The number of hydrogen-bond donors (Lipinski definition) is 1. The Bertz CT molecular complexity index is 710. The Morgan fingerprint density at radius 3 is 2.38 bits per heavy atom. The molecule has 1 saturated heterocycles. The van der Waals surface area contributed by atoms with Crippen LogP contribution in [-0.4, -0.2) is 29.8 Å². The molecule has 0 radical (unpaired) electrons. The molecule has 0 bridgehead atoms. The minimum absolute atomic E-state index is 0.119. The van der Waals surface area contributed by atoms with E-state index < -0.39 is 0 Å². The van der Waals surface area contributed by atoms with Gasteiger partial charge in [-0.2, -0.15) is 0 Å². The van der Waals surface area contributed by atoms with Crippen LogP contribution in [0.15, 0.2) is 54.6 Å². The van der Waals surface area contributed by atoms with Crippen molar-refractivity contribution in [3.8, 4) is 11.5 Å². The zero-order valence-corrected chi connectivity index (χ0v) is 13.4. The first kappa shape index (κ1) is 16.1. The van der Waals surface area contributed by atoms with E-state index >= 15 is 0 Å². The number of amides is 2. The van der Waals surface area contributed by atoms with Gasteiger partial charge in [-0.1, -0.05) is 30.3 Å². The Kier molecular flexibility index (Phi) is 5.11. The highest BCUT2D eigenvalue weighted by atomic mass is 16.5. The van der Waals surface area contributed by atoms with Gasteiger partial charge in [0.2, 0.25) is 11.8 Å². The van der Waals surface area contributed by atoms with Crippen LogP contribution in [-0.2, 0) is 9.59 Å². The topological polar surface area (TPSA) is 58.6 Å². The van der Waals surface area contributed by atoms with Gasteiger partial charge in [0.1, 0.15) is 12.2 Å². The molecule has 0 aromatic heterocycles. The Morgan fingerprint density at radius 2 is 1.62 bits per heavy atom. The summed E-state index contributed by atoms with van der Waals surface area (Å²) in [5, 5.41) is 2.77. The van der Waals surface area contributed by atoms with Gasteiger partial charge in [0.25, 0.3) is 0 Å². The third kappa shape index (κ3) is 4.13. The van der Waals surface area contributed by atoms with Crippen molar-refractivity contribution in [3.63, 3.8) is 0 Å². The summed E-state index contributed by atoms with van der Waals surface area (Å²) in [7, 11) is 0. The number of para-hydroxylation sites is 3. The second-order valence-electron chi connectivity index (χ2n) is 5.72. The summed E-state index contributed by atoms with van der Waals surface area (Å²) >= 11 is 0. The summed E-state index contributed by atoms with van der Waals surface area (Å²) in [5.74, 6) is 0.792. The average molecular weight is 324 g/mol. The predicted molar refractivity (Wildman–Crippen MR) is 92.0 cm³/mol. The first-order chi connectivity index (χ1) is 11.7. The van der Waals surface area contributed by atoms with Gasteiger partial charge in [0.15, 0.2) is 5.75 Å². The summed E-state index contributed by atoms with van der Waals surface area (Å²) in [4.78, 5) is 26.0. The maximum absolute atomic E-state index is 12.2.